The molecule has 0 spiro atoms. The van der Waals surface area contributed by atoms with Crippen molar-refractivity contribution in [3.8, 4) is 0 Å². The fourth-order valence-electron chi connectivity index (χ4n) is 6.31. The molecule has 0 saturated carbocycles. The fraction of sp³-hybridized carbons (Fsp3) is 0.244. The minimum atomic E-state index is -1.74. The Morgan fingerprint density at radius 3 is 1.89 bits per heavy atom. The van der Waals surface area contributed by atoms with Crippen LogP contribution in [0.3, 0.4) is 0 Å². The van der Waals surface area contributed by atoms with Crippen LogP contribution < -0.4 is 21.3 Å². The summed E-state index contributed by atoms with van der Waals surface area (Å²) in [6.07, 6.45) is -0.234. The standard InChI is InChI=1S/C41H42N6O9/c1-41(31-19-17-28(18-20-31)24-43-39(55)42-22-21-27-11-5-2-6-12-27)38(54)46(40(56)47(41)25-29-13-7-3-8-14-29)26-33(48)44-32(23-34(49)50)36(51)45-35(37(52)53)30-15-9-4-10-16-30/h2-20,32,35H,21-26H2,1H3,(H,44,48)(H,45,51)(H,49,50)(H,52,53)(H2,42,43,55)/t32-,35-,41?/m0/s1. The Balaban J connectivity index is 1.29. The highest BCUT2D eigenvalue weighted by atomic mass is 16.4. The average Bonchev–Trinajstić information content (AvgIpc) is 3.36. The lowest BCUT2D eigenvalue weighted by molar-refractivity contribution is -0.144. The smallest absolute Gasteiger partial charge is 0.330 e. The SMILES string of the molecule is CC1(c2ccc(CNC(=O)NCCc3ccccc3)cc2)C(=O)N(CC(=O)N[C@@H](CC(=O)O)C(=O)N[C@H](C(=O)O)c2ccccc2)C(=O)N1Cc1ccccc1. The van der Waals surface area contributed by atoms with Crippen molar-refractivity contribution in [1.29, 1.82) is 0 Å². The number of nitrogens with one attached hydrogen (secondary N) is 4. The molecule has 1 fully saturated rings. The normalized spacial score (nSPS) is 16.1. The molecule has 15 heteroatoms. The van der Waals surface area contributed by atoms with Gasteiger partial charge in [-0.3, -0.25) is 24.1 Å². The number of benzene rings is 4. The van der Waals surface area contributed by atoms with Crippen molar-refractivity contribution < 1.29 is 43.8 Å². The Morgan fingerprint density at radius 2 is 1.30 bits per heavy atom. The van der Waals surface area contributed by atoms with E-state index in [0.29, 0.717) is 24.1 Å². The van der Waals surface area contributed by atoms with E-state index in [-0.39, 0.29) is 24.7 Å². The second-order valence-electron chi connectivity index (χ2n) is 13.3. The van der Waals surface area contributed by atoms with Gasteiger partial charge < -0.3 is 36.4 Å². The third-order valence-electron chi connectivity index (χ3n) is 9.36. The van der Waals surface area contributed by atoms with Crippen LogP contribution >= 0.6 is 0 Å². The first-order chi connectivity index (χ1) is 26.9. The molecule has 4 aromatic carbocycles. The molecule has 1 unspecified atom stereocenters. The van der Waals surface area contributed by atoms with Gasteiger partial charge in [-0.25, -0.2) is 14.4 Å². The number of carboxylic acid groups (broad SMARTS) is 2. The van der Waals surface area contributed by atoms with Crippen LogP contribution in [0.2, 0.25) is 0 Å². The molecule has 1 heterocycles. The van der Waals surface area contributed by atoms with Gasteiger partial charge in [0.1, 0.15) is 18.1 Å². The zero-order valence-corrected chi connectivity index (χ0v) is 30.5. The van der Waals surface area contributed by atoms with E-state index in [1.165, 1.54) is 17.0 Å². The second-order valence-corrected chi connectivity index (χ2v) is 13.3. The van der Waals surface area contributed by atoms with E-state index >= 15 is 0 Å². The topological polar surface area (TPSA) is 215 Å². The third kappa shape index (κ3) is 9.93. The number of imide groups is 1. The molecule has 0 bridgehead atoms. The number of rotatable bonds is 17. The monoisotopic (exact) mass is 762 g/mol. The Bertz CT molecular complexity index is 2050. The number of nitrogens with zero attached hydrogens (tertiary/aromatic N) is 2. The van der Waals surface area contributed by atoms with Crippen LogP contribution in [0, 0.1) is 0 Å². The molecular formula is C41H42N6O9. The van der Waals surface area contributed by atoms with Crippen LogP contribution in [-0.2, 0) is 49.0 Å². The lowest BCUT2D eigenvalue weighted by Gasteiger charge is -2.32. The molecular weight excluding hydrogens is 720 g/mol. The van der Waals surface area contributed by atoms with E-state index in [4.69, 9.17) is 0 Å². The lowest BCUT2D eigenvalue weighted by Crippen LogP contribution is -2.52. The van der Waals surface area contributed by atoms with Crippen LogP contribution in [0.15, 0.2) is 115 Å². The number of hydrogen-bond acceptors (Lipinski definition) is 7. The van der Waals surface area contributed by atoms with Crippen molar-refractivity contribution in [1.82, 2.24) is 31.1 Å². The summed E-state index contributed by atoms with van der Waals surface area (Å²) in [7, 11) is 0. The van der Waals surface area contributed by atoms with Gasteiger partial charge >= 0.3 is 24.0 Å². The summed E-state index contributed by atoms with van der Waals surface area (Å²) in [5.41, 5.74) is 1.56. The van der Waals surface area contributed by atoms with Gasteiger partial charge in [-0.15, -0.1) is 0 Å². The quantitative estimate of drug-likeness (QED) is 0.0870. The molecule has 4 aromatic rings. The fourth-order valence-corrected chi connectivity index (χ4v) is 6.31. The molecule has 5 rings (SSSR count). The maximum absolute atomic E-state index is 14.2. The highest BCUT2D eigenvalue weighted by Gasteiger charge is 2.55. The van der Waals surface area contributed by atoms with E-state index < -0.39 is 66.3 Å². The zero-order chi connectivity index (χ0) is 40.2. The van der Waals surface area contributed by atoms with E-state index in [9.17, 15) is 43.8 Å². The minimum Gasteiger partial charge on any atom is -0.481 e. The van der Waals surface area contributed by atoms with E-state index in [1.54, 1.807) is 79.7 Å². The van der Waals surface area contributed by atoms with Crippen molar-refractivity contribution in [3.63, 3.8) is 0 Å². The molecule has 15 nitrogen and oxygen atoms in total. The van der Waals surface area contributed by atoms with Crippen LogP contribution in [-0.4, -0.2) is 80.9 Å². The number of amides is 7. The average molecular weight is 763 g/mol. The summed E-state index contributed by atoms with van der Waals surface area (Å²) < 4.78 is 0. The summed E-state index contributed by atoms with van der Waals surface area (Å²) in [5.74, 6) is -5.74. The summed E-state index contributed by atoms with van der Waals surface area (Å²) in [5, 5.41) is 29.4. The minimum absolute atomic E-state index is 0.00734. The maximum atomic E-state index is 14.2. The van der Waals surface area contributed by atoms with Crippen LogP contribution in [0.4, 0.5) is 9.59 Å². The van der Waals surface area contributed by atoms with E-state index in [2.05, 4.69) is 21.3 Å². The van der Waals surface area contributed by atoms with Gasteiger partial charge in [0.15, 0.2) is 6.04 Å². The number of carbonyl (C=O) groups is 7. The summed E-state index contributed by atoms with van der Waals surface area (Å²) >= 11 is 0. The lowest BCUT2D eigenvalue weighted by atomic mass is 9.89. The number of carboxylic acids is 2. The van der Waals surface area contributed by atoms with Crippen molar-refractivity contribution >= 4 is 41.7 Å². The third-order valence-corrected chi connectivity index (χ3v) is 9.36. The first-order valence-electron chi connectivity index (χ1n) is 17.8. The van der Waals surface area contributed by atoms with E-state index in [1.807, 2.05) is 30.3 Å². The van der Waals surface area contributed by atoms with Crippen molar-refractivity contribution in [2.45, 2.75) is 50.5 Å². The number of carbonyl (C=O) groups excluding carboxylic acids is 5. The van der Waals surface area contributed by atoms with Gasteiger partial charge in [0.2, 0.25) is 11.8 Å². The first-order valence-corrected chi connectivity index (χ1v) is 17.8. The van der Waals surface area contributed by atoms with Gasteiger partial charge in [0.05, 0.1) is 6.42 Å². The molecule has 7 amide bonds. The predicted molar refractivity (Wildman–Crippen MR) is 202 cm³/mol. The second kappa shape index (κ2) is 18.3. The van der Waals surface area contributed by atoms with Gasteiger partial charge in [-0.05, 0) is 41.2 Å². The maximum Gasteiger partial charge on any atom is 0.330 e. The summed E-state index contributed by atoms with van der Waals surface area (Å²) in [6.45, 7) is 1.32. The molecule has 1 saturated heterocycles. The molecule has 1 aliphatic heterocycles. The highest BCUT2D eigenvalue weighted by molar-refractivity contribution is 6.09. The number of urea groups is 2. The Morgan fingerprint density at radius 1 is 0.714 bits per heavy atom. The zero-order valence-electron chi connectivity index (χ0n) is 30.5. The molecule has 56 heavy (non-hydrogen) atoms. The molecule has 0 radical (unpaired) electrons. The Labute approximate surface area is 322 Å². The summed E-state index contributed by atoms with van der Waals surface area (Å²) in [6, 6.07) is 28.7. The molecule has 1 aliphatic rings. The number of hydrogen-bond donors (Lipinski definition) is 6. The highest BCUT2D eigenvalue weighted by Crippen LogP contribution is 2.38. The van der Waals surface area contributed by atoms with Crippen molar-refractivity contribution in [2.24, 2.45) is 0 Å². The van der Waals surface area contributed by atoms with Gasteiger partial charge in [-0.1, -0.05) is 115 Å². The largest absolute Gasteiger partial charge is 0.481 e. The van der Waals surface area contributed by atoms with Gasteiger partial charge in [-0.2, -0.15) is 0 Å². The van der Waals surface area contributed by atoms with Crippen LogP contribution in [0.25, 0.3) is 0 Å². The molecule has 3 atom stereocenters. The molecule has 290 valence electrons. The van der Waals surface area contributed by atoms with Gasteiger partial charge in [0, 0.05) is 19.6 Å². The summed E-state index contributed by atoms with van der Waals surface area (Å²) in [4.78, 5) is 92.9. The Kier molecular flexibility index (Phi) is 13.2. The van der Waals surface area contributed by atoms with Crippen molar-refractivity contribution in [2.75, 3.05) is 13.1 Å². The van der Waals surface area contributed by atoms with Gasteiger partial charge in [0.25, 0.3) is 5.91 Å². The molecule has 0 aliphatic carbocycles. The van der Waals surface area contributed by atoms with E-state index in [0.717, 1.165) is 16.0 Å². The van der Waals surface area contributed by atoms with Crippen molar-refractivity contribution in [3.05, 3.63) is 143 Å². The number of aliphatic carboxylic acids is 2. The van der Waals surface area contributed by atoms with Crippen LogP contribution in [0.1, 0.15) is 47.2 Å². The Hall–Kier alpha value is -7.03. The molecule has 6 N–H and O–H groups in total. The predicted octanol–water partition coefficient (Wildman–Crippen LogP) is 3.31. The molecule has 0 aromatic heterocycles. The van der Waals surface area contributed by atoms with Crippen LogP contribution in [0.5, 0.6) is 0 Å². The first kappa shape index (κ1) is 40.2.